The summed E-state index contributed by atoms with van der Waals surface area (Å²) < 4.78 is 7.84. The van der Waals surface area contributed by atoms with Crippen LogP contribution in [0.1, 0.15) is 28.4 Å². The van der Waals surface area contributed by atoms with Crippen molar-refractivity contribution in [2.45, 2.75) is 19.9 Å². The predicted octanol–water partition coefficient (Wildman–Crippen LogP) is 5.56. The fourth-order valence-corrected chi connectivity index (χ4v) is 4.24. The third-order valence-electron chi connectivity index (χ3n) is 5.69. The summed E-state index contributed by atoms with van der Waals surface area (Å²) in [4.78, 5) is 12.2. The monoisotopic (exact) mass is 393 g/mol. The van der Waals surface area contributed by atoms with Crippen molar-refractivity contribution in [3.63, 3.8) is 0 Å². The summed E-state index contributed by atoms with van der Waals surface area (Å²) in [7, 11) is 0. The number of hydrogen-bond acceptors (Lipinski definition) is 2. The number of furan rings is 1. The van der Waals surface area contributed by atoms with Crippen molar-refractivity contribution in [2.24, 2.45) is 5.73 Å². The highest BCUT2D eigenvalue weighted by Gasteiger charge is 2.18. The van der Waals surface area contributed by atoms with Crippen LogP contribution in [0.4, 0.5) is 0 Å². The van der Waals surface area contributed by atoms with E-state index in [0.29, 0.717) is 12.1 Å². The molecule has 0 aliphatic rings. The number of carbonyl (C=O) groups excluding carboxylic acids is 1. The molecule has 5 aromatic rings. The van der Waals surface area contributed by atoms with Crippen molar-refractivity contribution in [3.8, 4) is 11.3 Å². The number of rotatable bonds is 5. The molecule has 1 amide bonds. The Morgan fingerprint density at radius 2 is 1.87 bits per heavy atom. The number of hydrogen-bond donors (Lipinski definition) is 1. The third-order valence-corrected chi connectivity index (χ3v) is 5.69. The van der Waals surface area contributed by atoms with Gasteiger partial charge >= 0.3 is 0 Å². The van der Waals surface area contributed by atoms with E-state index in [1.165, 1.54) is 11.1 Å². The van der Waals surface area contributed by atoms with Crippen molar-refractivity contribution >= 4 is 27.7 Å². The molecule has 0 aliphatic heterocycles. The first-order valence-corrected chi connectivity index (χ1v) is 10.0. The molecule has 0 saturated heterocycles. The van der Waals surface area contributed by atoms with Gasteiger partial charge in [-0.05, 0) is 60.0 Å². The quantitative estimate of drug-likeness (QED) is 0.425. The molecule has 0 saturated carbocycles. The van der Waals surface area contributed by atoms with Crippen LogP contribution < -0.4 is 5.73 Å². The number of nitrogens with two attached hydrogens (primary N) is 1. The van der Waals surface area contributed by atoms with Crippen LogP contribution in [0.5, 0.6) is 0 Å². The summed E-state index contributed by atoms with van der Waals surface area (Å²) in [6.07, 6.45) is 2.63. The molecule has 3 aromatic carbocycles. The number of benzene rings is 3. The van der Waals surface area contributed by atoms with E-state index < -0.39 is 5.91 Å². The van der Waals surface area contributed by atoms with Gasteiger partial charge in [0.1, 0.15) is 5.76 Å². The van der Waals surface area contributed by atoms with Gasteiger partial charge in [0.25, 0.3) is 0 Å². The van der Waals surface area contributed by atoms with E-state index in [-0.39, 0.29) is 0 Å². The van der Waals surface area contributed by atoms with Crippen molar-refractivity contribution in [1.82, 2.24) is 4.57 Å². The number of aryl methyl sites for hydroxylation is 1. The molecule has 0 atom stereocenters. The molecule has 2 N–H and O–H groups in total. The van der Waals surface area contributed by atoms with Crippen LogP contribution in [-0.2, 0) is 13.0 Å². The summed E-state index contributed by atoms with van der Waals surface area (Å²) in [5.41, 5.74) is 11.7. The van der Waals surface area contributed by atoms with E-state index in [1.54, 1.807) is 12.3 Å². The van der Waals surface area contributed by atoms with Gasteiger partial charge in [-0.3, -0.25) is 4.79 Å². The molecule has 147 valence electrons. The molecule has 5 rings (SSSR count). The van der Waals surface area contributed by atoms with Gasteiger partial charge < -0.3 is 14.7 Å². The molecule has 1 radical (unpaired) electrons. The fourth-order valence-electron chi connectivity index (χ4n) is 4.24. The van der Waals surface area contributed by atoms with Gasteiger partial charge in [-0.2, -0.15) is 0 Å². The first-order chi connectivity index (χ1) is 14.7. The van der Waals surface area contributed by atoms with Gasteiger partial charge in [0.15, 0.2) is 0 Å². The fraction of sp³-hybridized carbons (Fsp3) is 0.115. The average Bonchev–Trinajstić information content (AvgIpc) is 3.41. The maximum absolute atomic E-state index is 12.2. The second-order valence-electron chi connectivity index (χ2n) is 7.40. The highest BCUT2D eigenvalue weighted by Crippen LogP contribution is 2.35. The van der Waals surface area contributed by atoms with Crippen molar-refractivity contribution in [2.75, 3.05) is 0 Å². The molecule has 2 aromatic heterocycles. The number of carbonyl (C=O) groups is 1. The van der Waals surface area contributed by atoms with Crippen LogP contribution in [0, 0.1) is 6.07 Å². The zero-order chi connectivity index (χ0) is 20.7. The van der Waals surface area contributed by atoms with Crippen LogP contribution in [-0.4, -0.2) is 10.5 Å². The molecule has 4 nitrogen and oxygen atoms in total. The van der Waals surface area contributed by atoms with Crippen LogP contribution >= 0.6 is 0 Å². The standard InChI is InChI=1S/C26H21N2O2/c1-2-17-7-3-4-8-19(17)16-28-22-10-5-9-21(26(27)29)25(22)20-13-12-18(15-23(20)28)24-11-6-14-30-24/h3-12,14-15H,2,16H2,1H3,(H2,27,29). The van der Waals surface area contributed by atoms with E-state index >= 15 is 0 Å². The van der Waals surface area contributed by atoms with Crippen LogP contribution in [0.25, 0.3) is 33.1 Å². The minimum Gasteiger partial charge on any atom is -0.464 e. The van der Waals surface area contributed by atoms with E-state index in [1.807, 2.05) is 30.3 Å². The van der Waals surface area contributed by atoms with Gasteiger partial charge in [-0.15, -0.1) is 0 Å². The zero-order valence-electron chi connectivity index (χ0n) is 16.7. The Bertz CT molecular complexity index is 1380. The minimum absolute atomic E-state index is 0.433. The highest BCUT2D eigenvalue weighted by atomic mass is 16.3. The molecular weight excluding hydrogens is 372 g/mol. The number of fused-ring (bicyclic) bond motifs is 3. The first kappa shape index (κ1) is 18.3. The van der Waals surface area contributed by atoms with Crippen LogP contribution in [0.3, 0.4) is 0 Å². The van der Waals surface area contributed by atoms with Gasteiger partial charge in [0.05, 0.1) is 17.3 Å². The van der Waals surface area contributed by atoms with Crippen molar-refractivity contribution in [3.05, 3.63) is 95.7 Å². The molecular formula is C26H21N2O2. The normalized spacial score (nSPS) is 11.4. The number of aromatic nitrogens is 1. The van der Waals surface area contributed by atoms with Gasteiger partial charge in [-0.25, -0.2) is 0 Å². The molecule has 0 unspecified atom stereocenters. The van der Waals surface area contributed by atoms with E-state index in [2.05, 4.69) is 47.9 Å². The Morgan fingerprint density at radius 1 is 1.03 bits per heavy atom. The highest BCUT2D eigenvalue weighted by molar-refractivity contribution is 6.18. The molecule has 0 aliphatic carbocycles. The van der Waals surface area contributed by atoms with E-state index in [4.69, 9.17) is 10.2 Å². The Kier molecular flexibility index (Phi) is 4.40. The summed E-state index contributed by atoms with van der Waals surface area (Å²) in [5.74, 6) is 0.353. The number of primary amides is 1. The van der Waals surface area contributed by atoms with Gasteiger partial charge in [-0.1, -0.05) is 37.3 Å². The molecule has 0 bridgehead atoms. The molecule has 4 heteroatoms. The molecule has 0 fully saturated rings. The van der Waals surface area contributed by atoms with Crippen LogP contribution in [0.2, 0.25) is 0 Å². The number of nitrogens with zero attached hydrogens (tertiary/aromatic N) is 1. The minimum atomic E-state index is -0.433. The molecule has 2 heterocycles. The summed E-state index contributed by atoms with van der Waals surface area (Å²) in [6, 6.07) is 25.4. The lowest BCUT2D eigenvalue weighted by Gasteiger charge is -2.12. The van der Waals surface area contributed by atoms with E-state index in [0.717, 1.165) is 39.6 Å². The molecule has 30 heavy (non-hydrogen) atoms. The lowest BCUT2D eigenvalue weighted by molar-refractivity contribution is 0.100. The molecule has 0 spiro atoms. The predicted molar refractivity (Wildman–Crippen MR) is 119 cm³/mol. The van der Waals surface area contributed by atoms with Gasteiger partial charge in [0, 0.05) is 28.4 Å². The van der Waals surface area contributed by atoms with E-state index in [9.17, 15) is 4.79 Å². The third kappa shape index (κ3) is 2.89. The summed E-state index contributed by atoms with van der Waals surface area (Å²) >= 11 is 0. The zero-order valence-corrected chi connectivity index (χ0v) is 16.7. The largest absolute Gasteiger partial charge is 0.464 e. The lowest BCUT2D eigenvalue weighted by atomic mass is 10.0. The summed E-state index contributed by atoms with van der Waals surface area (Å²) in [6.45, 7) is 2.86. The Labute approximate surface area is 174 Å². The van der Waals surface area contributed by atoms with Crippen molar-refractivity contribution < 1.29 is 9.21 Å². The second-order valence-corrected chi connectivity index (χ2v) is 7.40. The maximum atomic E-state index is 12.2. The smallest absolute Gasteiger partial charge is 0.249 e. The average molecular weight is 393 g/mol. The Balaban J connectivity index is 1.82. The Hall–Kier alpha value is -3.79. The first-order valence-electron chi connectivity index (χ1n) is 10.0. The topological polar surface area (TPSA) is 61.2 Å². The Morgan fingerprint density at radius 3 is 2.60 bits per heavy atom. The second kappa shape index (κ2) is 7.23. The van der Waals surface area contributed by atoms with Gasteiger partial charge in [0.2, 0.25) is 5.91 Å². The lowest BCUT2D eigenvalue weighted by Crippen LogP contribution is -2.11. The van der Waals surface area contributed by atoms with Crippen LogP contribution in [0.15, 0.2) is 77.4 Å². The summed E-state index contributed by atoms with van der Waals surface area (Å²) in [5, 5.41) is 1.74. The number of amides is 1. The van der Waals surface area contributed by atoms with Crippen molar-refractivity contribution in [1.29, 1.82) is 0 Å². The maximum Gasteiger partial charge on any atom is 0.249 e. The SMILES string of the molecule is CCc1ccccc1Cn1c2cc(-c3ccco3)c[c]c2c2c(C(N)=O)cccc21.